The molecule has 4 rings (SSSR count). The van der Waals surface area contributed by atoms with E-state index in [4.69, 9.17) is 4.74 Å². The van der Waals surface area contributed by atoms with E-state index in [1.807, 2.05) is 39.0 Å². The largest absolute Gasteiger partial charge is 0.443 e. The Hall–Kier alpha value is -3.62. The molecule has 9 nitrogen and oxygen atoms in total. The summed E-state index contributed by atoms with van der Waals surface area (Å²) in [6.07, 6.45) is 3.64. The maximum atomic E-state index is 13.2. The summed E-state index contributed by atoms with van der Waals surface area (Å²) in [5.74, 6) is -0.377. The number of carbonyl (C=O) groups is 3. The minimum Gasteiger partial charge on any atom is -0.443 e. The van der Waals surface area contributed by atoms with E-state index in [1.54, 1.807) is 4.90 Å². The Bertz CT molecular complexity index is 1260. The fourth-order valence-electron chi connectivity index (χ4n) is 4.65. The van der Waals surface area contributed by atoms with Crippen LogP contribution in [0.2, 0.25) is 0 Å². The van der Waals surface area contributed by atoms with Crippen molar-refractivity contribution in [1.29, 1.82) is 0 Å². The number of anilines is 1. The van der Waals surface area contributed by atoms with Crippen LogP contribution in [0.1, 0.15) is 72.4 Å². The van der Waals surface area contributed by atoms with Crippen molar-refractivity contribution in [3.8, 4) is 0 Å². The van der Waals surface area contributed by atoms with E-state index in [2.05, 4.69) is 17.6 Å². The third-order valence-corrected chi connectivity index (χ3v) is 6.66. The number of hydrogen-bond donors (Lipinski definition) is 2. The zero-order chi connectivity index (χ0) is 26.2. The molecule has 2 aromatic rings. The van der Waals surface area contributed by atoms with Crippen LogP contribution < -0.4 is 21.1 Å². The average Bonchev–Trinajstić information content (AvgIpc) is 3.42. The second-order valence-electron chi connectivity index (χ2n) is 10.4. The minimum absolute atomic E-state index is 0.0871. The van der Waals surface area contributed by atoms with Crippen molar-refractivity contribution in [1.82, 2.24) is 15.2 Å². The average molecular weight is 495 g/mol. The van der Waals surface area contributed by atoms with E-state index in [0.29, 0.717) is 18.9 Å². The highest BCUT2D eigenvalue weighted by Crippen LogP contribution is 2.34. The van der Waals surface area contributed by atoms with Crippen LogP contribution in [0, 0.1) is 5.92 Å². The number of fused-ring (bicyclic) bond motifs is 1. The van der Waals surface area contributed by atoms with Gasteiger partial charge >= 0.3 is 6.09 Å². The molecule has 1 aromatic heterocycles. The van der Waals surface area contributed by atoms with E-state index < -0.39 is 23.2 Å². The summed E-state index contributed by atoms with van der Waals surface area (Å²) in [4.78, 5) is 52.9. The highest BCUT2D eigenvalue weighted by atomic mass is 16.6. The molecule has 9 heteroatoms. The number of amides is 3. The van der Waals surface area contributed by atoms with Crippen molar-refractivity contribution in [2.75, 3.05) is 18.5 Å². The van der Waals surface area contributed by atoms with Gasteiger partial charge in [0, 0.05) is 25.8 Å². The first-order chi connectivity index (χ1) is 17.0. The van der Waals surface area contributed by atoms with Crippen LogP contribution in [0.4, 0.5) is 10.5 Å². The van der Waals surface area contributed by atoms with E-state index in [9.17, 15) is 19.2 Å². The van der Waals surface area contributed by atoms with Gasteiger partial charge in [0.25, 0.3) is 17.4 Å². The highest BCUT2D eigenvalue weighted by Gasteiger charge is 2.37. The van der Waals surface area contributed by atoms with Crippen LogP contribution in [0.25, 0.3) is 0 Å². The van der Waals surface area contributed by atoms with Gasteiger partial charge in [0.15, 0.2) is 0 Å². The number of ether oxygens (including phenoxy) is 1. The van der Waals surface area contributed by atoms with Crippen LogP contribution in [0.3, 0.4) is 0 Å². The Morgan fingerprint density at radius 2 is 1.92 bits per heavy atom. The number of nitrogens with zero attached hydrogens (tertiary/aromatic N) is 2. The van der Waals surface area contributed by atoms with Crippen LogP contribution in [-0.2, 0) is 17.7 Å². The lowest BCUT2D eigenvalue weighted by Crippen LogP contribution is -2.35. The lowest BCUT2D eigenvalue weighted by atomic mass is 10.0. The van der Waals surface area contributed by atoms with Crippen LogP contribution in [0.5, 0.6) is 0 Å². The number of nitrogens with one attached hydrogen (secondary N) is 2. The lowest BCUT2D eigenvalue weighted by molar-refractivity contribution is 0.0583. The second-order valence-corrected chi connectivity index (χ2v) is 10.4. The summed E-state index contributed by atoms with van der Waals surface area (Å²) in [6.45, 7) is 8.19. The van der Waals surface area contributed by atoms with Gasteiger partial charge in [-0.2, -0.15) is 0 Å². The van der Waals surface area contributed by atoms with Gasteiger partial charge < -0.3 is 19.9 Å². The van der Waals surface area contributed by atoms with Gasteiger partial charge in [0.2, 0.25) is 0 Å². The molecule has 1 fully saturated rings. The van der Waals surface area contributed by atoms with E-state index in [-0.39, 0.29) is 29.6 Å². The molecule has 36 heavy (non-hydrogen) atoms. The molecule has 1 aliphatic carbocycles. The maximum absolute atomic E-state index is 13.2. The molecule has 0 saturated heterocycles. The summed E-state index contributed by atoms with van der Waals surface area (Å²) >= 11 is 0. The molecule has 0 spiro atoms. The standard InChI is InChI=1S/C27H34N4O5/c1-6-16-13-21(16)29-23(32)18-12-20(24(33)28-5)25(34)30(15-18)14-17-8-7-9-22-19(17)10-11-31(22)26(35)36-27(2,3)4/h7-9,12,15-16,21H,6,10-11,13-14H2,1-5H3,(H,28,33)(H,29,32)/t16-,21-/m1/s1. The van der Waals surface area contributed by atoms with Gasteiger partial charge in [0.05, 0.1) is 17.8 Å². The van der Waals surface area contributed by atoms with E-state index in [0.717, 1.165) is 29.7 Å². The summed E-state index contributed by atoms with van der Waals surface area (Å²) in [6, 6.07) is 7.07. The summed E-state index contributed by atoms with van der Waals surface area (Å²) < 4.78 is 6.95. The topological polar surface area (TPSA) is 110 Å². The molecular weight excluding hydrogens is 460 g/mol. The molecule has 0 unspecified atom stereocenters. The third-order valence-electron chi connectivity index (χ3n) is 6.66. The molecule has 1 aromatic carbocycles. The molecule has 1 saturated carbocycles. The monoisotopic (exact) mass is 494 g/mol. The molecule has 2 atom stereocenters. The third kappa shape index (κ3) is 5.29. The van der Waals surface area contributed by atoms with Crippen molar-refractivity contribution < 1.29 is 19.1 Å². The van der Waals surface area contributed by atoms with Crippen molar-refractivity contribution in [2.24, 2.45) is 5.92 Å². The Morgan fingerprint density at radius 3 is 2.56 bits per heavy atom. The minimum atomic E-state index is -0.611. The molecule has 192 valence electrons. The fraction of sp³-hybridized carbons (Fsp3) is 0.481. The number of rotatable bonds is 6. The number of benzene rings is 1. The van der Waals surface area contributed by atoms with Gasteiger partial charge in [-0.3, -0.25) is 19.3 Å². The quantitative estimate of drug-likeness (QED) is 0.641. The summed E-state index contributed by atoms with van der Waals surface area (Å²) in [5.41, 5.74) is 1.61. The SMILES string of the molecule is CC[C@@H]1C[C@H]1NC(=O)c1cc(C(=O)NC)c(=O)n(Cc2cccc3c2CCN3C(=O)OC(C)(C)C)c1. The Kier molecular flexibility index (Phi) is 6.93. The predicted molar refractivity (Wildman–Crippen MR) is 137 cm³/mol. The molecule has 2 aliphatic rings. The van der Waals surface area contributed by atoms with Crippen molar-refractivity contribution in [3.63, 3.8) is 0 Å². The molecule has 1 aliphatic heterocycles. The Labute approximate surface area is 210 Å². The summed E-state index contributed by atoms with van der Waals surface area (Å²) in [5, 5.41) is 5.49. The molecule has 0 bridgehead atoms. The number of pyridine rings is 1. The smallest absolute Gasteiger partial charge is 0.414 e. The fourth-order valence-corrected chi connectivity index (χ4v) is 4.65. The van der Waals surface area contributed by atoms with Gasteiger partial charge in [-0.05, 0) is 62.8 Å². The van der Waals surface area contributed by atoms with Gasteiger partial charge in [0.1, 0.15) is 11.2 Å². The van der Waals surface area contributed by atoms with Crippen molar-refractivity contribution >= 4 is 23.6 Å². The normalized spacial score (nSPS) is 18.4. The predicted octanol–water partition coefficient (Wildman–Crippen LogP) is 3.08. The van der Waals surface area contributed by atoms with Crippen molar-refractivity contribution in [3.05, 3.63) is 63.1 Å². The number of hydrogen-bond acceptors (Lipinski definition) is 5. The van der Waals surface area contributed by atoms with E-state index >= 15 is 0 Å². The van der Waals surface area contributed by atoms with Crippen LogP contribution >= 0.6 is 0 Å². The first kappa shape index (κ1) is 25.5. The Morgan fingerprint density at radius 1 is 1.17 bits per heavy atom. The molecule has 3 amide bonds. The first-order valence-corrected chi connectivity index (χ1v) is 12.4. The highest BCUT2D eigenvalue weighted by molar-refractivity contribution is 5.99. The number of aromatic nitrogens is 1. The van der Waals surface area contributed by atoms with E-state index in [1.165, 1.54) is 23.9 Å². The van der Waals surface area contributed by atoms with Crippen LogP contribution in [-0.4, -0.2) is 47.7 Å². The maximum Gasteiger partial charge on any atom is 0.414 e. The second kappa shape index (κ2) is 9.79. The number of carbonyl (C=O) groups excluding carboxylic acids is 3. The molecule has 0 radical (unpaired) electrons. The first-order valence-electron chi connectivity index (χ1n) is 12.4. The van der Waals surface area contributed by atoms with Crippen molar-refractivity contribution in [2.45, 2.75) is 65.1 Å². The molecular formula is C27H34N4O5. The van der Waals surface area contributed by atoms with Gasteiger partial charge in [-0.15, -0.1) is 0 Å². The van der Waals surface area contributed by atoms with Gasteiger partial charge in [-0.25, -0.2) is 4.79 Å². The lowest BCUT2D eigenvalue weighted by Gasteiger charge is -2.25. The molecule has 2 heterocycles. The van der Waals surface area contributed by atoms with Crippen LogP contribution in [0.15, 0.2) is 35.3 Å². The molecule has 2 N–H and O–H groups in total. The zero-order valence-corrected chi connectivity index (χ0v) is 21.5. The summed E-state index contributed by atoms with van der Waals surface area (Å²) in [7, 11) is 1.45. The Balaban J connectivity index is 1.65. The zero-order valence-electron chi connectivity index (χ0n) is 21.5. The van der Waals surface area contributed by atoms with Gasteiger partial charge in [-0.1, -0.05) is 25.5 Å².